The van der Waals surface area contributed by atoms with Gasteiger partial charge in [-0.3, -0.25) is 4.79 Å². The van der Waals surface area contributed by atoms with E-state index in [4.69, 9.17) is 14.2 Å². The van der Waals surface area contributed by atoms with Crippen LogP contribution < -0.4 is 4.74 Å². The fraction of sp³-hybridized carbons (Fsp3) is 0.611. The molecule has 0 bridgehead atoms. The second-order valence-electron chi connectivity index (χ2n) is 6.34. The summed E-state index contributed by atoms with van der Waals surface area (Å²) in [6.45, 7) is 2.62. The van der Waals surface area contributed by atoms with Crippen molar-refractivity contribution in [1.29, 1.82) is 0 Å². The number of hydrogen-bond acceptors (Lipinski definition) is 4. The second-order valence-corrected chi connectivity index (χ2v) is 6.34. The maximum atomic E-state index is 13.1. The number of carbonyl (C=O) groups excluding carboxylic acids is 1. The molecular formula is C18H25NO4. The first-order valence-corrected chi connectivity index (χ1v) is 8.24. The Kier molecular flexibility index (Phi) is 4.87. The van der Waals surface area contributed by atoms with Crippen LogP contribution in [-0.2, 0) is 19.7 Å². The van der Waals surface area contributed by atoms with Crippen molar-refractivity contribution in [3.8, 4) is 5.75 Å². The molecule has 0 N–H and O–H groups in total. The number of rotatable bonds is 6. The minimum atomic E-state index is -0.324. The van der Waals surface area contributed by atoms with Gasteiger partial charge in [0.25, 0.3) is 0 Å². The molecule has 1 aliphatic carbocycles. The zero-order chi connectivity index (χ0) is 16.3. The Morgan fingerprint density at radius 2 is 2.04 bits per heavy atom. The molecule has 3 rings (SSSR count). The van der Waals surface area contributed by atoms with Crippen LogP contribution in [0, 0.1) is 0 Å². The van der Waals surface area contributed by atoms with Gasteiger partial charge in [-0.05, 0) is 37.0 Å². The molecule has 1 aromatic rings. The van der Waals surface area contributed by atoms with Crippen molar-refractivity contribution in [3.05, 3.63) is 29.8 Å². The fourth-order valence-electron chi connectivity index (χ4n) is 3.29. The molecule has 5 heteroatoms. The van der Waals surface area contributed by atoms with Crippen molar-refractivity contribution in [2.24, 2.45) is 0 Å². The van der Waals surface area contributed by atoms with E-state index in [1.54, 1.807) is 14.2 Å². The number of ether oxygens (including phenoxy) is 3. The van der Waals surface area contributed by atoms with Gasteiger partial charge in [-0.15, -0.1) is 0 Å². The molecule has 1 saturated carbocycles. The summed E-state index contributed by atoms with van der Waals surface area (Å²) in [6, 6.07) is 7.91. The predicted octanol–water partition coefficient (Wildman–Crippen LogP) is 1.99. The van der Waals surface area contributed by atoms with Crippen LogP contribution in [0.5, 0.6) is 5.75 Å². The van der Waals surface area contributed by atoms with Crippen LogP contribution in [-0.4, -0.2) is 57.4 Å². The van der Waals surface area contributed by atoms with Crippen LogP contribution in [0.25, 0.3) is 0 Å². The lowest BCUT2D eigenvalue weighted by molar-refractivity contribution is -0.142. The molecule has 1 unspecified atom stereocenters. The van der Waals surface area contributed by atoms with Crippen molar-refractivity contribution in [2.75, 3.05) is 40.5 Å². The van der Waals surface area contributed by atoms with Gasteiger partial charge in [-0.25, -0.2) is 0 Å². The van der Waals surface area contributed by atoms with E-state index in [1.807, 2.05) is 29.2 Å². The summed E-state index contributed by atoms with van der Waals surface area (Å²) >= 11 is 0. The highest BCUT2D eigenvalue weighted by Gasteiger charge is 2.53. The fourth-order valence-corrected chi connectivity index (χ4v) is 3.29. The number of amides is 1. The predicted molar refractivity (Wildman–Crippen MR) is 86.7 cm³/mol. The summed E-state index contributed by atoms with van der Waals surface area (Å²) in [5.74, 6) is 1.07. The van der Waals surface area contributed by atoms with Crippen LogP contribution in [0.1, 0.15) is 24.8 Å². The summed E-state index contributed by atoms with van der Waals surface area (Å²) in [4.78, 5) is 15.0. The molecular weight excluding hydrogens is 294 g/mol. The van der Waals surface area contributed by atoms with Crippen LogP contribution in [0.4, 0.5) is 0 Å². The molecule has 126 valence electrons. The zero-order valence-electron chi connectivity index (χ0n) is 13.9. The molecule has 0 radical (unpaired) electrons. The molecule has 0 aromatic heterocycles. The minimum absolute atomic E-state index is 0.0827. The lowest BCUT2D eigenvalue weighted by Crippen LogP contribution is -2.49. The first-order valence-electron chi connectivity index (χ1n) is 8.24. The molecule has 23 heavy (non-hydrogen) atoms. The lowest BCUT2D eigenvalue weighted by atomic mass is 9.93. The second kappa shape index (κ2) is 6.89. The van der Waals surface area contributed by atoms with Gasteiger partial charge in [0.2, 0.25) is 5.91 Å². The largest absolute Gasteiger partial charge is 0.497 e. The van der Waals surface area contributed by atoms with E-state index in [0.29, 0.717) is 26.3 Å². The summed E-state index contributed by atoms with van der Waals surface area (Å²) in [6.07, 6.45) is 2.77. The molecule has 1 atom stereocenters. The van der Waals surface area contributed by atoms with Gasteiger partial charge in [0.05, 0.1) is 25.2 Å². The molecule has 2 fully saturated rings. The topological polar surface area (TPSA) is 48.0 Å². The molecule has 1 aliphatic heterocycles. The summed E-state index contributed by atoms with van der Waals surface area (Å²) in [7, 11) is 3.34. The SMILES string of the molecule is COCCC1CN(C(=O)C2(c3ccc(OC)cc3)CC2)CCO1. The number of nitrogens with zero attached hydrogens (tertiary/aromatic N) is 1. The number of hydrogen-bond donors (Lipinski definition) is 0. The summed E-state index contributed by atoms with van der Waals surface area (Å²) in [5, 5.41) is 0. The Morgan fingerprint density at radius 1 is 1.30 bits per heavy atom. The van der Waals surface area contributed by atoms with E-state index in [1.165, 1.54) is 0 Å². The average molecular weight is 319 g/mol. The van der Waals surface area contributed by atoms with E-state index >= 15 is 0 Å². The first-order chi connectivity index (χ1) is 11.2. The van der Waals surface area contributed by atoms with E-state index in [0.717, 1.165) is 30.6 Å². The van der Waals surface area contributed by atoms with E-state index < -0.39 is 0 Å². The Balaban J connectivity index is 1.68. The monoisotopic (exact) mass is 319 g/mol. The van der Waals surface area contributed by atoms with Gasteiger partial charge in [-0.2, -0.15) is 0 Å². The standard InChI is InChI=1S/C18H25NO4/c1-21-11-7-16-13-19(10-12-23-16)17(20)18(8-9-18)14-3-5-15(22-2)6-4-14/h3-6,16H,7-13H2,1-2H3. The molecule has 0 spiro atoms. The number of methoxy groups -OCH3 is 2. The van der Waals surface area contributed by atoms with E-state index in [-0.39, 0.29) is 17.4 Å². The van der Waals surface area contributed by atoms with Crippen LogP contribution in [0.15, 0.2) is 24.3 Å². The van der Waals surface area contributed by atoms with Crippen LogP contribution >= 0.6 is 0 Å². The van der Waals surface area contributed by atoms with Gasteiger partial charge < -0.3 is 19.1 Å². The molecule has 1 heterocycles. The maximum absolute atomic E-state index is 13.1. The molecule has 1 aromatic carbocycles. The third kappa shape index (κ3) is 3.35. The third-order valence-electron chi connectivity index (χ3n) is 4.87. The van der Waals surface area contributed by atoms with E-state index in [2.05, 4.69) is 0 Å². The number of morpholine rings is 1. The highest BCUT2D eigenvalue weighted by atomic mass is 16.5. The van der Waals surface area contributed by atoms with Crippen molar-refractivity contribution < 1.29 is 19.0 Å². The highest BCUT2D eigenvalue weighted by Crippen LogP contribution is 2.50. The van der Waals surface area contributed by atoms with Gasteiger partial charge in [0, 0.05) is 26.8 Å². The lowest BCUT2D eigenvalue weighted by Gasteiger charge is -2.35. The molecule has 5 nitrogen and oxygen atoms in total. The maximum Gasteiger partial charge on any atom is 0.233 e. The normalized spacial score (nSPS) is 22.7. The Bertz CT molecular complexity index is 538. The smallest absolute Gasteiger partial charge is 0.233 e. The van der Waals surface area contributed by atoms with Crippen molar-refractivity contribution in [1.82, 2.24) is 4.90 Å². The van der Waals surface area contributed by atoms with Crippen LogP contribution in [0.2, 0.25) is 0 Å². The first kappa shape index (κ1) is 16.3. The van der Waals surface area contributed by atoms with E-state index in [9.17, 15) is 4.79 Å². The van der Waals surface area contributed by atoms with Crippen LogP contribution in [0.3, 0.4) is 0 Å². The van der Waals surface area contributed by atoms with Crippen molar-refractivity contribution >= 4 is 5.91 Å². The van der Waals surface area contributed by atoms with Crippen molar-refractivity contribution in [2.45, 2.75) is 30.8 Å². The number of carbonyl (C=O) groups is 1. The quantitative estimate of drug-likeness (QED) is 0.804. The minimum Gasteiger partial charge on any atom is -0.497 e. The number of benzene rings is 1. The Hall–Kier alpha value is -1.59. The Morgan fingerprint density at radius 3 is 2.65 bits per heavy atom. The van der Waals surface area contributed by atoms with Gasteiger partial charge in [0.1, 0.15) is 5.75 Å². The molecule has 1 saturated heterocycles. The van der Waals surface area contributed by atoms with Gasteiger partial charge >= 0.3 is 0 Å². The zero-order valence-corrected chi connectivity index (χ0v) is 13.9. The molecule has 2 aliphatic rings. The summed E-state index contributed by atoms with van der Waals surface area (Å²) in [5.41, 5.74) is 0.776. The highest BCUT2D eigenvalue weighted by molar-refractivity contribution is 5.91. The van der Waals surface area contributed by atoms with Gasteiger partial charge in [0.15, 0.2) is 0 Å². The summed E-state index contributed by atoms with van der Waals surface area (Å²) < 4.78 is 16.1. The molecule has 1 amide bonds. The Labute approximate surface area is 137 Å². The third-order valence-corrected chi connectivity index (χ3v) is 4.87. The van der Waals surface area contributed by atoms with Gasteiger partial charge in [-0.1, -0.05) is 12.1 Å². The van der Waals surface area contributed by atoms with Crippen molar-refractivity contribution in [3.63, 3.8) is 0 Å². The average Bonchev–Trinajstić information content (AvgIpc) is 3.41.